The van der Waals surface area contributed by atoms with Crippen LogP contribution in [0.1, 0.15) is 23.8 Å². The van der Waals surface area contributed by atoms with Crippen LogP contribution in [0.2, 0.25) is 0 Å². The Morgan fingerprint density at radius 3 is 2.89 bits per heavy atom. The fourth-order valence-electron chi connectivity index (χ4n) is 2.21. The summed E-state index contributed by atoms with van der Waals surface area (Å²) in [7, 11) is -3.42. The maximum absolute atomic E-state index is 12.7. The van der Waals surface area contributed by atoms with Crippen molar-refractivity contribution >= 4 is 21.4 Å². The summed E-state index contributed by atoms with van der Waals surface area (Å²) in [4.78, 5) is 0.930. The van der Waals surface area contributed by atoms with Crippen LogP contribution >= 0.6 is 11.3 Å². The van der Waals surface area contributed by atoms with E-state index in [0.717, 1.165) is 16.9 Å². The summed E-state index contributed by atoms with van der Waals surface area (Å²) < 4.78 is 32.7. The van der Waals surface area contributed by atoms with Crippen LogP contribution in [0.15, 0.2) is 10.3 Å². The van der Waals surface area contributed by atoms with Crippen LogP contribution in [0.3, 0.4) is 0 Å². The van der Waals surface area contributed by atoms with Gasteiger partial charge >= 0.3 is 0 Å². The van der Waals surface area contributed by atoms with Crippen LogP contribution in [0, 0.1) is 6.92 Å². The van der Waals surface area contributed by atoms with E-state index in [0.29, 0.717) is 30.5 Å². The van der Waals surface area contributed by atoms with Gasteiger partial charge in [0.1, 0.15) is 4.21 Å². The number of nitrogens with zero attached hydrogens (tertiary/aromatic N) is 1. The fraction of sp³-hybridized carbons (Fsp3) is 0.667. The van der Waals surface area contributed by atoms with E-state index in [9.17, 15) is 8.42 Å². The lowest BCUT2D eigenvalue weighted by Gasteiger charge is -2.33. The summed E-state index contributed by atoms with van der Waals surface area (Å²) in [6.07, 6.45) is 0.757. The van der Waals surface area contributed by atoms with Gasteiger partial charge in [-0.15, -0.1) is 11.3 Å². The number of thiophene rings is 1. The molecule has 7 heteroatoms. The predicted molar refractivity (Wildman–Crippen MR) is 75.7 cm³/mol. The molecule has 0 amide bonds. The molecule has 2 rings (SSSR count). The first-order valence-electron chi connectivity index (χ1n) is 6.39. The molecule has 0 aliphatic carbocycles. The normalized spacial score (nSPS) is 21.7. The van der Waals surface area contributed by atoms with Crippen LogP contribution in [-0.4, -0.2) is 38.5 Å². The number of aryl methyl sites for hydroxylation is 1. The predicted octanol–water partition coefficient (Wildman–Crippen LogP) is 1.31. The number of sulfonamides is 1. The minimum absolute atomic E-state index is 0.0671. The molecule has 0 spiro atoms. The molecule has 0 saturated carbocycles. The van der Waals surface area contributed by atoms with Crippen LogP contribution in [0.5, 0.6) is 0 Å². The van der Waals surface area contributed by atoms with Gasteiger partial charge in [-0.1, -0.05) is 6.92 Å². The lowest BCUT2D eigenvalue weighted by atomic mass is 10.2. The minimum atomic E-state index is -3.42. The summed E-state index contributed by atoms with van der Waals surface area (Å²) in [6.45, 7) is 5.62. The van der Waals surface area contributed by atoms with Gasteiger partial charge in [0.05, 0.1) is 13.2 Å². The highest BCUT2D eigenvalue weighted by Crippen LogP contribution is 2.30. The average Bonchev–Trinajstić information content (AvgIpc) is 2.80. The minimum Gasteiger partial charge on any atom is -0.378 e. The number of nitrogens with two attached hydrogens (primary N) is 1. The molecule has 1 atom stereocenters. The monoisotopic (exact) mass is 304 g/mol. The van der Waals surface area contributed by atoms with Gasteiger partial charge in [-0.2, -0.15) is 4.31 Å². The molecule has 1 aromatic rings. The molecule has 108 valence electrons. The molecule has 1 unspecified atom stereocenters. The zero-order chi connectivity index (χ0) is 14.0. The Kier molecular flexibility index (Phi) is 4.62. The van der Waals surface area contributed by atoms with E-state index >= 15 is 0 Å². The SMILES string of the molecule is CCC1COCCN1S(=O)(=O)c1cc(C)c(CN)s1. The molecule has 1 fully saturated rings. The largest absolute Gasteiger partial charge is 0.378 e. The second-order valence-corrected chi connectivity index (χ2v) is 7.88. The Morgan fingerprint density at radius 2 is 2.32 bits per heavy atom. The quantitative estimate of drug-likeness (QED) is 0.910. The summed E-state index contributed by atoms with van der Waals surface area (Å²) in [5.41, 5.74) is 6.57. The van der Waals surface area contributed by atoms with E-state index in [1.165, 1.54) is 11.3 Å². The van der Waals surface area contributed by atoms with Gasteiger partial charge in [0.15, 0.2) is 0 Å². The lowest BCUT2D eigenvalue weighted by molar-refractivity contribution is 0.0315. The first kappa shape index (κ1) is 14.9. The van der Waals surface area contributed by atoms with Gasteiger partial charge in [0.25, 0.3) is 10.0 Å². The van der Waals surface area contributed by atoms with Gasteiger partial charge in [-0.05, 0) is 25.0 Å². The summed E-state index contributed by atoms with van der Waals surface area (Å²) >= 11 is 1.28. The molecule has 1 aliphatic heterocycles. The Bertz CT molecular complexity index is 539. The fourth-order valence-corrected chi connectivity index (χ4v) is 5.48. The second-order valence-electron chi connectivity index (χ2n) is 4.63. The maximum Gasteiger partial charge on any atom is 0.252 e. The summed E-state index contributed by atoms with van der Waals surface area (Å²) in [6, 6.07) is 1.66. The van der Waals surface area contributed by atoms with E-state index in [1.807, 2.05) is 13.8 Å². The van der Waals surface area contributed by atoms with Gasteiger partial charge in [0, 0.05) is 24.0 Å². The van der Waals surface area contributed by atoms with Gasteiger partial charge in [-0.3, -0.25) is 0 Å². The zero-order valence-electron chi connectivity index (χ0n) is 11.3. The van der Waals surface area contributed by atoms with Gasteiger partial charge in [0.2, 0.25) is 0 Å². The smallest absolute Gasteiger partial charge is 0.252 e. The molecule has 5 nitrogen and oxygen atoms in total. The molecule has 0 aromatic carbocycles. The van der Waals surface area contributed by atoms with E-state index in [2.05, 4.69) is 0 Å². The van der Waals surface area contributed by atoms with Crippen molar-refractivity contribution < 1.29 is 13.2 Å². The number of hydrogen-bond acceptors (Lipinski definition) is 5. The van der Waals surface area contributed by atoms with E-state index in [4.69, 9.17) is 10.5 Å². The van der Waals surface area contributed by atoms with Crippen molar-refractivity contribution in [2.75, 3.05) is 19.8 Å². The lowest BCUT2D eigenvalue weighted by Crippen LogP contribution is -2.48. The van der Waals surface area contributed by atoms with Crippen LogP contribution < -0.4 is 5.73 Å². The molecular weight excluding hydrogens is 284 g/mol. The van der Waals surface area contributed by atoms with Crippen molar-refractivity contribution in [3.63, 3.8) is 0 Å². The molecule has 0 radical (unpaired) electrons. The van der Waals surface area contributed by atoms with Gasteiger partial charge < -0.3 is 10.5 Å². The van der Waals surface area contributed by atoms with Crippen molar-refractivity contribution in [2.45, 2.75) is 37.1 Å². The van der Waals surface area contributed by atoms with E-state index < -0.39 is 10.0 Å². The summed E-state index contributed by atoms with van der Waals surface area (Å²) in [5, 5.41) is 0. The Labute approximate surface area is 118 Å². The van der Waals surface area contributed by atoms with Gasteiger partial charge in [-0.25, -0.2) is 8.42 Å². The molecule has 1 aromatic heterocycles. The molecule has 2 heterocycles. The summed E-state index contributed by atoms with van der Waals surface area (Å²) in [5.74, 6) is 0. The number of rotatable bonds is 4. The molecule has 2 N–H and O–H groups in total. The average molecular weight is 304 g/mol. The Hall–Kier alpha value is -0.470. The van der Waals surface area contributed by atoms with Crippen molar-refractivity contribution in [1.82, 2.24) is 4.31 Å². The first-order chi connectivity index (χ1) is 9.00. The Morgan fingerprint density at radius 1 is 1.58 bits per heavy atom. The van der Waals surface area contributed by atoms with Crippen molar-refractivity contribution in [1.29, 1.82) is 0 Å². The third kappa shape index (κ3) is 2.85. The van der Waals surface area contributed by atoms with E-state index in [-0.39, 0.29) is 6.04 Å². The highest BCUT2D eigenvalue weighted by Gasteiger charge is 2.34. The second kappa shape index (κ2) is 5.88. The number of hydrogen-bond donors (Lipinski definition) is 1. The topological polar surface area (TPSA) is 72.6 Å². The van der Waals surface area contributed by atoms with Crippen molar-refractivity contribution in [2.24, 2.45) is 5.73 Å². The molecule has 0 bridgehead atoms. The maximum atomic E-state index is 12.7. The Balaban J connectivity index is 2.34. The molecular formula is C12H20N2O3S2. The third-order valence-corrected chi connectivity index (χ3v) is 7.05. The van der Waals surface area contributed by atoms with Crippen molar-refractivity contribution in [3.8, 4) is 0 Å². The highest BCUT2D eigenvalue weighted by molar-refractivity contribution is 7.91. The highest BCUT2D eigenvalue weighted by atomic mass is 32.2. The molecule has 1 saturated heterocycles. The van der Waals surface area contributed by atoms with Crippen LogP contribution in [0.25, 0.3) is 0 Å². The number of morpholine rings is 1. The molecule has 19 heavy (non-hydrogen) atoms. The van der Waals surface area contributed by atoms with Crippen LogP contribution in [-0.2, 0) is 21.3 Å². The number of ether oxygens (including phenoxy) is 1. The molecule has 1 aliphatic rings. The van der Waals surface area contributed by atoms with Crippen molar-refractivity contribution in [3.05, 3.63) is 16.5 Å². The zero-order valence-corrected chi connectivity index (χ0v) is 12.9. The third-order valence-electron chi connectivity index (χ3n) is 3.39. The van der Waals surface area contributed by atoms with Crippen LogP contribution in [0.4, 0.5) is 0 Å². The standard InChI is InChI=1S/C12H20N2O3S2/c1-3-10-8-17-5-4-14(10)19(15,16)12-6-9(2)11(7-13)18-12/h6,10H,3-5,7-8,13H2,1-2H3. The first-order valence-corrected chi connectivity index (χ1v) is 8.65. The van der Waals surface area contributed by atoms with E-state index in [1.54, 1.807) is 10.4 Å².